The lowest BCUT2D eigenvalue weighted by molar-refractivity contribution is -0.268. The molecule has 3 aromatic rings. The number of amides is 2. The molecule has 2 amide bonds. The van der Waals surface area contributed by atoms with Crippen molar-refractivity contribution in [2.45, 2.75) is 81.0 Å². The molecule has 0 unspecified atom stereocenters. The van der Waals surface area contributed by atoms with Crippen molar-refractivity contribution in [1.29, 1.82) is 0 Å². The molecular formula is C37H42N2O6S. The second kappa shape index (κ2) is 13.0. The maximum atomic E-state index is 13.3. The number of aliphatic hydroxyl groups excluding tert-OH is 1. The molecule has 9 heteroatoms. The second-order valence-corrected chi connectivity index (χ2v) is 15.0. The topological polar surface area (TPSA) is 117 Å². The Morgan fingerprint density at radius 3 is 2.20 bits per heavy atom. The van der Waals surface area contributed by atoms with Crippen LogP contribution in [-0.4, -0.2) is 39.6 Å². The van der Waals surface area contributed by atoms with Crippen molar-refractivity contribution in [3.8, 4) is 0 Å². The number of thioether (sulfide) groups is 1. The van der Waals surface area contributed by atoms with Crippen LogP contribution in [0.5, 0.6) is 0 Å². The summed E-state index contributed by atoms with van der Waals surface area (Å²) < 4.78 is 13.2. The standard InChI is InChI=1S/C37H42N2O6S/c1-22-32(21-46-31-11-9-28(10-12-31)34(41)42)44-35(45-33(22)27-7-5-23(20-40)6-8-27)29-3-2-4-30(16-29)38-36(43)39-37-17-24-13-25(18-37)15-26(14-24)19-37/h2-12,16,22,24-26,32-33,35,40H,13-15,17-21H2,1H3,(H,41,42)(H2,38,39,43)/t22-,24?,25?,26?,32+,33+,35+,37?/m0/s1. The minimum absolute atomic E-state index is 0.00869. The number of benzene rings is 3. The molecule has 4 N–H and O–H groups in total. The van der Waals surface area contributed by atoms with Gasteiger partial charge in [-0.3, -0.25) is 0 Å². The van der Waals surface area contributed by atoms with Gasteiger partial charge in [-0.05, 0) is 104 Å². The molecule has 242 valence electrons. The fourth-order valence-corrected chi connectivity index (χ4v) is 9.68. The first kappa shape index (κ1) is 31.2. The van der Waals surface area contributed by atoms with Crippen LogP contribution < -0.4 is 10.6 Å². The van der Waals surface area contributed by atoms with E-state index in [2.05, 4.69) is 17.6 Å². The molecule has 1 heterocycles. The summed E-state index contributed by atoms with van der Waals surface area (Å²) in [5.74, 6) is 1.96. The summed E-state index contributed by atoms with van der Waals surface area (Å²) in [4.78, 5) is 25.6. The van der Waals surface area contributed by atoms with E-state index in [1.807, 2.05) is 60.7 Å². The zero-order chi connectivity index (χ0) is 31.8. The monoisotopic (exact) mass is 642 g/mol. The number of aliphatic hydroxyl groups is 1. The minimum Gasteiger partial charge on any atom is -0.478 e. The molecule has 8 nitrogen and oxygen atoms in total. The molecule has 4 bridgehead atoms. The number of hydrogen-bond donors (Lipinski definition) is 4. The van der Waals surface area contributed by atoms with E-state index in [0.29, 0.717) is 11.4 Å². The van der Waals surface area contributed by atoms with Crippen LogP contribution in [0.1, 0.15) is 84.9 Å². The van der Waals surface area contributed by atoms with Crippen LogP contribution in [0.3, 0.4) is 0 Å². The summed E-state index contributed by atoms with van der Waals surface area (Å²) in [5.41, 5.74) is 3.54. The molecule has 3 aromatic carbocycles. The van der Waals surface area contributed by atoms with Crippen LogP contribution >= 0.6 is 11.8 Å². The van der Waals surface area contributed by atoms with Crippen LogP contribution in [0.25, 0.3) is 0 Å². The first-order valence-corrected chi connectivity index (χ1v) is 17.4. The Bertz CT molecular complexity index is 1530. The predicted octanol–water partition coefficient (Wildman–Crippen LogP) is 7.55. The van der Waals surface area contributed by atoms with Crippen molar-refractivity contribution in [1.82, 2.24) is 5.32 Å². The van der Waals surface area contributed by atoms with Crippen LogP contribution in [0.4, 0.5) is 10.5 Å². The number of hydrogen-bond acceptors (Lipinski definition) is 6. The van der Waals surface area contributed by atoms with E-state index < -0.39 is 12.3 Å². The number of nitrogens with one attached hydrogen (secondary N) is 2. The lowest BCUT2D eigenvalue weighted by Gasteiger charge is -2.56. The highest BCUT2D eigenvalue weighted by atomic mass is 32.2. The van der Waals surface area contributed by atoms with Crippen molar-refractivity contribution in [2.75, 3.05) is 11.1 Å². The molecule has 8 rings (SSSR count). The number of ether oxygens (including phenoxy) is 2. The molecular weight excluding hydrogens is 600 g/mol. The minimum atomic E-state index is -0.946. The van der Waals surface area contributed by atoms with Crippen molar-refractivity contribution < 1.29 is 29.3 Å². The van der Waals surface area contributed by atoms with Crippen molar-refractivity contribution in [3.63, 3.8) is 0 Å². The van der Waals surface area contributed by atoms with Crippen LogP contribution in [0.15, 0.2) is 77.7 Å². The van der Waals surface area contributed by atoms with Gasteiger partial charge in [0.15, 0.2) is 6.29 Å². The fourth-order valence-electron chi connectivity index (χ4n) is 8.61. The zero-order valence-corrected chi connectivity index (χ0v) is 26.9. The van der Waals surface area contributed by atoms with Gasteiger partial charge in [-0.1, -0.05) is 43.3 Å². The number of carbonyl (C=O) groups is 2. The highest BCUT2D eigenvalue weighted by Gasteiger charge is 2.51. The molecule has 0 aromatic heterocycles. The SMILES string of the molecule is C[C@H]1[C@@H](CSc2ccc(C(=O)O)cc2)O[C@@H](c2cccc(NC(=O)NC34CC5CC(CC(C5)C3)C4)c2)O[C@H]1c1ccc(CO)cc1. The average molecular weight is 643 g/mol. The van der Waals surface area contributed by atoms with Crippen molar-refractivity contribution in [3.05, 3.63) is 95.1 Å². The molecule has 4 aliphatic carbocycles. The first-order chi connectivity index (χ1) is 22.3. The summed E-state index contributed by atoms with van der Waals surface area (Å²) in [6.07, 6.45) is 6.17. The molecule has 1 aliphatic heterocycles. The molecule has 1 saturated heterocycles. The van der Waals surface area contributed by atoms with E-state index in [1.54, 1.807) is 23.9 Å². The Balaban J connectivity index is 1.07. The summed E-state index contributed by atoms with van der Waals surface area (Å²) in [6, 6.07) is 22.3. The Morgan fingerprint density at radius 1 is 0.891 bits per heavy atom. The zero-order valence-electron chi connectivity index (χ0n) is 26.1. The molecule has 5 aliphatic rings. The number of carboxylic acid groups (broad SMARTS) is 1. The third-order valence-electron chi connectivity index (χ3n) is 10.5. The van der Waals surface area contributed by atoms with Gasteiger partial charge in [0.1, 0.15) is 0 Å². The molecule has 0 spiro atoms. The third kappa shape index (κ3) is 6.69. The van der Waals surface area contributed by atoms with Gasteiger partial charge in [0.05, 0.1) is 24.4 Å². The van der Waals surface area contributed by atoms with E-state index in [9.17, 15) is 19.8 Å². The predicted molar refractivity (Wildman–Crippen MR) is 177 cm³/mol. The molecule has 4 saturated carbocycles. The van der Waals surface area contributed by atoms with Gasteiger partial charge in [0, 0.05) is 33.4 Å². The van der Waals surface area contributed by atoms with Gasteiger partial charge in [-0.2, -0.15) is 0 Å². The van der Waals surface area contributed by atoms with Crippen molar-refractivity contribution >= 4 is 29.4 Å². The van der Waals surface area contributed by atoms with E-state index in [1.165, 1.54) is 19.3 Å². The Labute approximate surface area is 274 Å². The lowest BCUT2D eigenvalue weighted by Crippen LogP contribution is -2.60. The number of carbonyl (C=O) groups excluding carboxylic acids is 1. The Hall–Kier alpha value is -3.37. The van der Waals surface area contributed by atoms with Crippen molar-refractivity contribution in [2.24, 2.45) is 23.7 Å². The molecule has 0 radical (unpaired) electrons. The number of rotatable bonds is 9. The largest absolute Gasteiger partial charge is 0.478 e. The van der Waals surface area contributed by atoms with E-state index in [0.717, 1.165) is 58.6 Å². The first-order valence-electron chi connectivity index (χ1n) is 16.4. The van der Waals surface area contributed by atoms with Crippen LogP contribution in [0.2, 0.25) is 0 Å². The van der Waals surface area contributed by atoms with Crippen LogP contribution in [-0.2, 0) is 16.1 Å². The van der Waals surface area contributed by atoms with Gasteiger partial charge in [0.25, 0.3) is 0 Å². The summed E-state index contributed by atoms with van der Waals surface area (Å²) in [6.45, 7) is 2.09. The quantitative estimate of drug-likeness (QED) is 0.178. The number of urea groups is 1. The van der Waals surface area contributed by atoms with Gasteiger partial charge in [-0.25, -0.2) is 9.59 Å². The van der Waals surface area contributed by atoms with Gasteiger partial charge >= 0.3 is 12.0 Å². The number of anilines is 1. The average Bonchev–Trinajstić information content (AvgIpc) is 3.03. The van der Waals surface area contributed by atoms with E-state index >= 15 is 0 Å². The second-order valence-electron chi connectivity index (χ2n) is 13.9. The summed E-state index contributed by atoms with van der Waals surface area (Å²) in [7, 11) is 0. The maximum absolute atomic E-state index is 13.3. The number of carboxylic acids is 1. The molecule has 5 fully saturated rings. The smallest absolute Gasteiger partial charge is 0.335 e. The van der Waals surface area contributed by atoms with E-state index in [-0.39, 0.29) is 41.9 Å². The fraction of sp³-hybridized carbons (Fsp3) is 0.459. The van der Waals surface area contributed by atoms with Gasteiger partial charge in [-0.15, -0.1) is 11.8 Å². The number of aromatic carboxylic acids is 1. The Kier molecular flexibility index (Phi) is 8.85. The normalized spacial score (nSPS) is 31.4. The molecule has 46 heavy (non-hydrogen) atoms. The maximum Gasteiger partial charge on any atom is 0.335 e. The Morgan fingerprint density at radius 2 is 1.57 bits per heavy atom. The third-order valence-corrected chi connectivity index (χ3v) is 11.6. The van der Waals surface area contributed by atoms with E-state index in [4.69, 9.17) is 9.47 Å². The van der Waals surface area contributed by atoms with Gasteiger partial charge in [0.2, 0.25) is 0 Å². The lowest BCUT2D eigenvalue weighted by atomic mass is 9.53. The molecule has 4 atom stereocenters. The summed E-state index contributed by atoms with van der Waals surface area (Å²) in [5, 5.41) is 25.3. The van der Waals surface area contributed by atoms with Crippen LogP contribution in [0, 0.1) is 23.7 Å². The highest BCUT2D eigenvalue weighted by Crippen LogP contribution is 2.55. The summed E-state index contributed by atoms with van der Waals surface area (Å²) >= 11 is 1.62. The van der Waals surface area contributed by atoms with Gasteiger partial charge < -0.3 is 30.3 Å². The highest BCUT2D eigenvalue weighted by molar-refractivity contribution is 7.99.